The van der Waals surface area contributed by atoms with E-state index in [1.807, 2.05) is 13.8 Å². The van der Waals surface area contributed by atoms with Crippen molar-refractivity contribution in [2.45, 2.75) is 19.9 Å². The van der Waals surface area contributed by atoms with Gasteiger partial charge in [0.2, 0.25) is 5.82 Å². The van der Waals surface area contributed by atoms with Gasteiger partial charge in [0, 0.05) is 17.9 Å². The Kier molecular flexibility index (Phi) is 5.15. The molecule has 2 N–H and O–H groups in total. The number of anilines is 1. The number of pyridine rings is 1. The minimum absolute atomic E-state index is 0.0490. The molecule has 0 saturated heterocycles. The van der Waals surface area contributed by atoms with Crippen LogP contribution >= 0.6 is 23.2 Å². The first-order chi connectivity index (χ1) is 12.4. The molecule has 0 aliphatic rings. The van der Waals surface area contributed by atoms with Crippen LogP contribution in [0, 0.1) is 0 Å². The van der Waals surface area contributed by atoms with Crippen LogP contribution in [0.5, 0.6) is 0 Å². The molecule has 1 aromatic carbocycles. The van der Waals surface area contributed by atoms with Crippen molar-refractivity contribution in [2.75, 3.05) is 5.32 Å². The van der Waals surface area contributed by atoms with Crippen molar-refractivity contribution >= 4 is 46.2 Å². The minimum atomic E-state index is -0.448. The summed E-state index contributed by atoms with van der Waals surface area (Å²) in [6.45, 7) is 3.71. The van der Waals surface area contributed by atoms with Crippen molar-refractivity contribution in [3.05, 3.63) is 64.2 Å². The SMILES string of the molecule is CC(C)NC(=O)c1nc(C(=O)Nc2ccc(Cl)c(Cl)c2)c2ccccn12. The number of carbonyl (C=O) groups excluding carboxylic acids is 2. The predicted octanol–water partition coefficient (Wildman–Crippen LogP) is 4.03. The zero-order valence-electron chi connectivity index (χ0n) is 14.1. The number of aromatic nitrogens is 2. The van der Waals surface area contributed by atoms with E-state index < -0.39 is 5.91 Å². The number of fused-ring (bicyclic) bond motifs is 1. The summed E-state index contributed by atoms with van der Waals surface area (Å²) >= 11 is 11.9. The van der Waals surface area contributed by atoms with Gasteiger partial charge in [-0.25, -0.2) is 4.98 Å². The van der Waals surface area contributed by atoms with Crippen molar-refractivity contribution in [3.63, 3.8) is 0 Å². The van der Waals surface area contributed by atoms with E-state index in [1.165, 1.54) is 0 Å². The predicted molar refractivity (Wildman–Crippen MR) is 102 cm³/mol. The number of carbonyl (C=O) groups is 2. The first-order valence-corrected chi connectivity index (χ1v) is 8.66. The third-order valence-corrected chi connectivity index (χ3v) is 4.30. The Labute approximate surface area is 160 Å². The zero-order chi connectivity index (χ0) is 18.8. The molecular formula is C18H16Cl2N4O2. The van der Waals surface area contributed by atoms with Gasteiger partial charge in [0.05, 0.1) is 15.6 Å². The Morgan fingerprint density at radius 3 is 2.54 bits per heavy atom. The van der Waals surface area contributed by atoms with Crippen molar-refractivity contribution in [1.29, 1.82) is 0 Å². The van der Waals surface area contributed by atoms with Gasteiger partial charge in [-0.3, -0.25) is 14.0 Å². The molecule has 8 heteroatoms. The average Bonchev–Trinajstić information content (AvgIpc) is 2.97. The molecule has 3 rings (SSSR count). The molecule has 0 fully saturated rings. The Morgan fingerprint density at radius 2 is 1.85 bits per heavy atom. The van der Waals surface area contributed by atoms with Gasteiger partial charge in [-0.05, 0) is 44.2 Å². The molecule has 2 amide bonds. The van der Waals surface area contributed by atoms with Crippen LogP contribution < -0.4 is 10.6 Å². The molecule has 0 bridgehead atoms. The van der Waals surface area contributed by atoms with Gasteiger partial charge in [0.15, 0.2) is 5.69 Å². The fourth-order valence-corrected chi connectivity index (χ4v) is 2.75. The molecule has 3 aromatic rings. The van der Waals surface area contributed by atoms with E-state index in [4.69, 9.17) is 23.2 Å². The Morgan fingerprint density at radius 1 is 1.08 bits per heavy atom. The highest BCUT2D eigenvalue weighted by molar-refractivity contribution is 6.42. The largest absolute Gasteiger partial charge is 0.347 e. The van der Waals surface area contributed by atoms with Crippen LogP contribution in [0.3, 0.4) is 0 Å². The third-order valence-electron chi connectivity index (χ3n) is 3.56. The fraction of sp³-hybridized carbons (Fsp3) is 0.167. The molecule has 134 valence electrons. The zero-order valence-corrected chi connectivity index (χ0v) is 15.6. The van der Waals surface area contributed by atoms with Crippen molar-refractivity contribution < 1.29 is 9.59 Å². The monoisotopic (exact) mass is 390 g/mol. The summed E-state index contributed by atoms with van der Waals surface area (Å²) in [6.07, 6.45) is 1.69. The van der Waals surface area contributed by atoms with Gasteiger partial charge in [-0.1, -0.05) is 29.3 Å². The average molecular weight is 391 g/mol. The molecule has 0 saturated carbocycles. The Bertz CT molecular complexity index is 998. The molecule has 0 aliphatic carbocycles. The van der Waals surface area contributed by atoms with Gasteiger partial charge in [-0.15, -0.1) is 0 Å². The normalized spacial score (nSPS) is 11.0. The lowest BCUT2D eigenvalue weighted by Crippen LogP contribution is -2.31. The number of amides is 2. The van der Waals surface area contributed by atoms with Crippen molar-refractivity contribution in [3.8, 4) is 0 Å². The first-order valence-electron chi connectivity index (χ1n) is 7.91. The maximum absolute atomic E-state index is 12.7. The lowest BCUT2D eigenvalue weighted by atomic mass is 10.3. The van der Waals surface area contributed by atoms with Gasteiger partial charge in [-0.2, -0.15) is 0 Å². The molecule has 6 nitrogen and oxygen atoms in total. The van der Waals surface area contributed by atoms with Crippen LogP contribution in [0.1, 0.15) is 35.0 Å². The summed E-state index contributed by atoms with van der Waals surface area (Å²) in [7, 11) is 0. The second-order valence-electron chi connectivity index (χ2n) is 5.95. The smallest absolute Gasteiger partial charge is 0.287 e. The van der Waals surface area contributed by atoms with Crippen molar-refractivity contribution in [1.82, 2.24) is 14.7 Å². The summed E-state index contributed by atoms with van der Waals surface area (Å²) in [5, 5.41) is 6.23. The molecule has 2 aromatic heterocycles. The molecule has 2 heterocycles. The third kappa shape index (κ3) is 3.66. The molecule has 0 atom stereocenters. The van der Waals surface area contributed by atoms with E-state index in [9.17, 15) is 9.59 Å². The summed E-state index contributed by atoms with van der Waals surface area (Å²) in [5.41, 5.74) is 1.15. The number of nitrogens with one attached hydrogen (secondary N) is 2. The van der Waals surface area contributed by atoms with Crippen LogP contribution in [0.2, 0.25) is 10.0 Å². The summed E-state index contributed by atoms with van der Waals surface area (Å²) in [5.74, 6) is -0.654. The second kappa shape index (κ2) is 7.35. The van der Waals surface area contributed by atoms with Crippen LogP contribution in [-0.2, 0) is 0 Å². The molecule has 0 aliphatic heterocycles. The quantitative estimate of drug-likeness (QED) is 0.705. The molecular weight excluding hydrogens is 375 g/mol. The maximum atomic E-state index is 12.7. The standard InChI is InChI=1S/C18H16Cl2N4O2/c1-10(2)21-18(26)16-23-15(14-5-3-4-8-24(14)16)17(25)22-11-6-7-12(19)13(20)9-11/h3-10H,1-2H3,(H,21,26)(H,22,25). The van der Waals surface area contributed by atoms with E-state index in [-0.39, 0.29) is 23.5 Å². The van der Waals surface area contributed by atoms with Crippen LogP contribution in [0.4, 0.5) is 5.69 Å². The summed E-state index contributed by atoms with van der Waals surface area (Å²) in [4.78, 5) is 29.3. The van der Waals surface area contributed by atoms with Gasteiger partial charge >= 0.3 is 0 Å². The number of rotatable bonds is 4. The number of halogens is 2. The number of hydrogen-bond acceptors (Lipinski definition) is 3. The summed E-state index contributed by atoms with van der Waals surface area (Å²) in [6, 6.07) is 9.99. The summed E-state index contributed by atoms with van der Waals surface area (Å²) < 4.78 is 1.58. The number of hydrogen-bond donors (Lipinski definition) is 2. The maximum Gasteiger partial charge on any atom is 0.287 e. The van der Waals surface area contributed by atoms with Crippen molar-refractivity contribution in [2.24, 2.45) is 0 Å². The van der Waals surface area contributed by atoms with E-state index in [2.05, 4.69) is 15.6 Å². The number of nitrogens with zero attached hydrogens (tertiary/aromatic N) is 2. The van der Waals surface area contributed by atoms with E-state index >= 15 is 0 Å². The topological polar surface area (TPSA) is 75.5 Å². The Hall–Kier alpha value is -2.57. The first kappa shape index (κ1) is 18.2. The molecule has 0 radical (unpaired) electrons. The van der Waals surface area contributed by atoms with Crippen LogP contribution in [0.15, 0.2) is 42.6 Å². The van der Waals surface area contributed by atoms with Gasteiger partial charge in [0.25, 0.3) is 11.8 Å². The van der Waals surface area contributed by atoms with E-state index in [1.54, 1.807) is 47.0 Å². The fourth-order valence-electron chi connectivity index (χ4n) is 2.46. The molecule has 0 spiro atoms. The Balaban J connectivity index is 1.97. The number of imidazole rings is 1. The highest BCUT2D eigenvalue weighted by Gasteiger charge is 2.22. The second-order valence-corrected chi connectivity index (χ2v) is 6.77. The lowest BCUT2D eigenvalue weighted by Gasteiger charge is -2.06. The lowest BCUT2D eigenvalue weighted by molar-refractivity contribution is 0.0932. The van der Waals surface area contributed by atoms with Crippen LogP contribution in [-0.4, -0.2) is 27.2 Å². The van der Waals surface area contributed by atoms with Gasteiger partial charge in [0.1, 0.15) is 0 Å². The highest BCUT2D eigenvalue weighted by atomic mass is 35.5. The molecule has 26 heavy (non-hydrogen) atoms. The van der Waals surface area contributed by atoms with Crippen LogP contribution in [0.25, 0.3) is 5.52 Å². The van der Waals surface area contributed by atoms with Gasteiger partial charge < -0.3 is 10.6 Å². The highest BCUT2D eigenvalue weighted by Crippen LogP contribution is 2.25. The minimum Gasteiger partial charge on any atom is -0.347 e. The van der Waals surface area contributed by atoms with E-state index in [0.717, 1.165) is 0 Å². The number of benzene rings is 1. The van der Waals surface area contributed by atoms with E-state index in [0.29, 0.717) is 21.2 Å². The molecule has 0 unspecified atom stereocenters.